The molecule has 0 unspecified atom stereocenters. The Hall–Kier alpha value is -1.45. The number of carbonyl (C=O) groups excluding carboxylic acids is 1. The fourth-order valence-electron chi connectivity index (χ4n) is 4.30. The Morgan fingerprint density at radius 1 is 1.25 bits per heavy atom. The minimum atomic E-state index is 0.248. The van der Waals surface area contributed by atoms with Crippen LogP contribution in [0.5, 0.6) is 0 Å². The first kappa shape index (κ1) is 12.3. The van der Waals surface area contributed by atoms with Gasteiger partial charge in [-0.05, 0) is 32.6 Å². The van der Waals surface area contributed by atoms with Gasteiger partial charge in [0.15, 0.2) is 0 Å². The van der Waals surface area contributed by atoms with Crippen LogP contribution in [-0.4, -0.2) is 26.8 Å². The van der Waals surface area contributed by atoms with E-state index in [-0.39, 0.29) is 12.0 Å². The normalized spacial score (nSPS) is 28.8. The highest BCUT2D eigenvalue weighted by molar-refractivity contribution is 5.80. The molecule has 0 spiro atoms. The minimum Gasteiger partial charge on any atom is -0.332 e. The second-order valence-electron chi connectivity index (χ2n) is 6.50. The smallest absolute Gasteiger partial charge is 0.226 e. The standard InChI is InChI=1S/C16H21N3O/c1-10-17-9-13-14(18-10)8-12-6-7-15(13)19(12)16(20)11-4-2-3-5-11/h9,11-12,15H,2-8H2,1H3/t12-,15+/m0/s1. The number of nitrogens with zero attached hydrogens (tertiary/aromatic N) is 3. The molecule has 4 rings (SSSR count). The van der Waals surface area contributed by atoms with Gasteiger partial charge in [0, 0.05) is 30.1 Å². The molecule has 1 aromatic rings. The number of aromatic nitrogens is 2. The molecule has 0 radical (unpaired) electrons. The Bertz CT molecular complexity index is 551. The highest BCUT2D eigenvalue weighted by Crippen LogP contribution is 2.44. The van der Waals surface area contributed by atoms with Crippen LogP contribution < -0.4 is 0 Å². The average Bonchev–Trinajstić information content (AvgIpc) is 3.06. The zero-order chi connectivity index (χ0) is 13.7. The van der Waals surface area contributed by atoms with Crippen molar-refractivity contribution in [1.82, 2.24) is 14.9 Å². The van der Waals surface area contributed by atoms with Crippen LogP contribution in [0.25, 0.3) is 0 Å². The second-order valence-corrected chi connectivity index (χ2v) is 6.50. The first-order chi connectivity index (χ1) is 9.74. The Morgan fingerprint density at radius 3 is 2.85 bits per heavy atom. The minimum absolute atomic E-state index is 0.248. The van der Waals surface area contributed by atoms with Crippen molar-refractivity contribution >= 4 is 5.91 Å². The van der Waals surface area contributed by atoms with Gasteiger partial charge in [0.2, 0.25) is 5.91 Å². The summed E-state index contributed by atoms with van der Waals surface area (Å²) in [6.07, 6.45) is 9.71. The fourth-order valence-corrected chi connectivity index (χ4v) is 4.30. The molecule has 4 nitrogen and oxygen atoms in total. The molecule has 2 atom stereocenters. The third kappa shape index (κ3) is 1.77. The summed E-state index contributed by atoms with van der Waals surface area (Å²) in [5.41, 5.74) is 2.39. The summed E-state index contributed by atoms with van der Waals surface area (Å²) in [6.45, 7) is 1.94. The first-order valence-corrected chi connectivity index (χ1v) is 7.88. The van der Waals surface area contributed by atoms with Gasteiger partial charge in [-0.2, -0.15) is 0 Å². The third-order valence-electron chi connectivity index (χ3n) is 5.27. The van der Waals surface area contributed by atoms with Gasteiger partial charge in [0.1, 0.15) is 5.82 Å². The lowest BCUT2D eigenvalue weighted by atomic mass is 9.96. The van der Waals surface area contributed by atoms with Gasteiger partial charge in [0.05, 0.1) is 11.7 Å². The molecule has 0 aromatic carbocycles. The van der Waals surface area contributed by atoms with Crippen LogP contribution >= 0.6 is 0 Å². The van der Waals surface area contributed by atoms with Crippen LogP contribution in [0.3, 0.4) is 0 Å². The summed E-state index contributed by atoms with van der Waals surface area (Å²) < 4.78 is 0. The van der Waals surface area contributed by atoms with Crippen LogP contribution in [0.15, 0.2) is 6.20 Å². The van der Waals surface area contributed by atoms with Gasteiger partial charge in [-0.3, -0.25) is 4.79 Å². The monoisotopic (exact) mass is 271 g/mol. The Balaban J connectivity index is 1.67. The number of carbonyl (C=O) groups is 1. The molecule has 1 aromatic heterocycles. The Kier molecular flexibility index (Phi) is 2.79. The lowest BCUT2D eigenvalue weighted by Crippen LogP contribution is -2.44. The number of fused-ring (bicyclic) bond motifs is 4. The molecule has 3 heterocycles. The maximum absolute atomic E-state index is 12.8. The quantitative estimate of drug-likeness (QED) is 0.788. The molecule has 1 saturated carbocycles. The zero-order valence-electron chi connectivity index (χ0n) is 12.0. The van der Waals surface area contributed by atoms with Crippen molar-refractivity contribution in [3.05, 3.63) is 23.3 Å². The first-order valence-electron chi connectivity index (χ1n) is 7.88. The van der Waals surface area contributed by atoms with E-state index in [1.54, 1.807) is 0 Å². The molecule has 1 amide bonds. The maximum Gasteiger partial charge on any atom is 0.226 e. The second kappa shape index (κ2) is 4.54. The zero-order valence-corrected chi connectivity index (χ0v) is 12.0. The van der Waals surface area contributed by atoms with Gasteiger partial charge < -0.3 is 4.90 Å². The Morgan fingerprint density at radius 2 is 2.05 bits per heavy atom. The average molecular weight is 271 g/mol. The van der Waals surface area contributed by atoms with E-state index in [9.17, 15) is 4.79 Å². The molecular weight excluding hydrogens is 250 g/mol. The van der Waals surface area contributed by atoms with E-state index >= 15 is 0 Å². The fraction of sp³-hybridized carbons (Fsp3) is 0.688. The van der Waals surface area contributed by atoms with Gasteiger partial charge in [-0.15, -0.1) is 0 Å². The molecule has 2 bridgehead atoms. The molecule has 20 heavy (non-hydrogen) atoms. The van der Waals surface area contributed by atoms with Crippen molar-refractivity contribution in [2.24, 2.45) is 5.92 Å². The summed E-state index contributed by atoms with van der Waals surface area (Å²) in [7, 11) is 0. The summed E-state index contributed by atoms with van der Waals surface area (Å²) in [5, 5.41) is 0. The molecule has 2 fully saturated rings. The number of rotatable bonds is 1. The van der Waals surface area contributed by atoms with Gasteiger partial charge in [0.25, 0.3) is 0 Å². The maximum atomic E-state index is 12.8. The van der Waals surface area contributed by atoms with Gasteiger partial charge in [-0.25, -0.2) is 9.97 Å². The lowest BCUT2D eigenvalue weighted by molar-refractivity contribution is -0.139. The van der Waals surface area contributed by atoms with Gasteiger partial charge in [-0.1, -0.05) is 12.8 Å². The Labute approximate surface area is 119 Å². The van der Waals surface area contributed by atoms with Crippen LogP contribution in [0.1, 0.15) is 61.6 Å². The third-order valence-corrected chi connectivity index (χ3v) is 5.27. The van der Waals surface area contributed by atoms with E-state index in [2.05, 4.69) is 14.9 Å². The topological polar surface area (TPSA) is 46.1 Å². The van der Waals surface area contributed by atoms with E-state index in [1.807, 2.05) is 13.1 Å². The number of aryl methyl sites for hydroxylation is 1. The van der Waals surface area contributed by atoms with Crippen molar-refractivity contribution in [2.45, 2.75) is 64.0 Å². The summed E-state index contributed by atoms with van der Waals surface area (Å²) in [5.74, 6) is 1.53. The summed E-state index contributed by atoms with van der Waals surface area (Å²) >= 11 is 0. The van der Waals surface area contributed by atoms with Crippen LogP contribution in [0.4, 0.5) is 0 Å². The van der Waals surface area contributed by atoms with E-state index < -0.39 is 0 Å². The number of hydrogen-bond donors (Lipinski definition) is 0. The van der Waals surface area contributed by atoms with E-state index in [1.165, 1.54) is 24.1 Å². The van der Waals surface area contributed by atoms with Crippen molar-refractivity contribution < 1.29 is 4.79 Å². The highest BCUT2D eigenvalue weighted by atomic mass is 16.2. The van der Waals surface area contributed by atoms with Crippen LogP contribution in [0.2, 0.25) is 0 Å². The lowest BCUT2D eigenvalue weighted by Gasteiger charge is -2.37. The van der Waals surface area contributed by atoms with E-state index in [4.69, 9.17) is 0 Å². The highest BCUT2D eigenvalue weighted by Gasteiger charge is 2.45. The molecule has 4 heteroatoms. The molecule has 0 N–H and O–H groups in total. The number of amides is 1. The largest absolute Gasteiger partial charge is 0.332 e. The summed E-state index contributed by atoms with van der Waals surface area (Å²) in [6, 6.07) is 0.632. The predicted molar refractivity (Wildman–Crippen MR) is 75.0 cm³/mol. The molecule has 1 saturated heterocycles. The predicted octanol–water partition coefficient (Wildman–Crippen LogP) is 2.56. The van der Waals surface area contributed by atoms with E-state index in [0.29, 0.717) is 11.9 Å². The molecule has 1 aliphatic carbocycles. The van der Waals surface area contributed by atoms with Crippen LogP contribution in [0, 0.1) is 12.8 Å². The molecule has 106 valence electrons. The van der Waals surface area contributed by atoms with E-state index in [0.717, 1.165) is 37.9 Å². The molecular formula is C16H21N3O. The van der Waals surface area contributed by atoms with Crippen molar-refractivity contribution in [3.8, 4) is 0 Å². The SMILES string of the molecule is Cc1ncc2c(n1)C[C@@H]1CC[C@H]2N1C(=O)C1CCCC1. The molecule has 2 aliphatic heterocycles. The van der Waals surface area contributed by atoms with Crippen molar-refractivity contribution in [2.75, 3.05) is 0 Å². The van der Waals surface area contributed by atoms with Gasteiger partial charge >= 0.3 is 0 Å². The summed E-state index contributed by atoms with van der Waals surface area (Å²) in [4.78, 5) is 24.0. The van der Waals surface area contributed by atoms with Crippen LogP contribution in [-0.2, 0) is 11.2 Å². The molecule has 3 aliphatic rings. The van der Waals surface area contributed by atoms with Crippen molar-refractivity contribution in [1.29, 1.82) is 0 Å². The number of hydrogen-bond acceptors (Lipinski definition) is 3. The van der Waals surface area contributed by atoms with Crippen molar-refractivity contribution in [3.63, 3.8) is 0 Å².